The van der Waals surface area contributed by atoms with E-state index in [1.165, 1.54) is 39.1 Å². The predicted molar refractivity (Wildman–Crippen MR) is 86.9 cm³/mol. The first-order chi connectivity index (χ1) is 10.3. The highest BCUT2D eigenvalue weighted by molar-refractivity contribution is 5.79. The Hall–Kier alpha value is -0.850. The number of piperazine rings is 1. The molecule has 6 nitrogen and oxygen atoms in total. The third kappa shape index (κ3) is 5.80. The minimum atomic E-state index is 0.352. The number of rotatable bonds is 6. The SMILES string of the molecule is CCN1CCN(CCNC(=NC)NCC2CCCO2)CC1. The van der Waals surface area contributed by atoms with Crippen LogP contribution in [-0.2, 0) is 4.74 Å². The van der Waals surface area contributed by atoms with Gasteiger partial charge < -0.3 is 20.3 Å². The monoisotopic (exact) mass is 297 g/mol. The molecular formula is C15H31N5O. The largest absolute Gasteiger partial charge is 0.376 e. The number of nitrogens with zero attached hydrogens (tertiary/aromatic N) is 3. The fourth-order valence-corrected chi connectivity index (χ4v) is 2.90. The molecule has 2 fully saturated rings. The summed E-state index contributed by atoms with van der Waals surface area (Å²) < 4.78 is 5.61. The number of hydrogen-bond acceptors (Lipinski definition) is 4. The van der Waals surface area contributed by atoms with Crippen molar-refractivity contribution in [3.05, 3.63) is 0 Å². The second-order valence-corrected chi connectivity index (χ2v) is 5.79. The van der Waals surface area contributed by atoms with Crippen molar-refractivity contribution in [2.24, 2.45) is 4.99 Å². The standard InChI is InChI=1S/C15H31N5O/c1-3-19-8-10-20(11-9-19)7-6-17-15(16-2)18-13-14-5-4-12-21-14/h14H,3-13H2,1-2H3,(H2,16,17,18). The zero-order valence-electron chi connectivity index (χ0n) is 13.6. The Morgan fingerprint density at radius 1 is 1.19 bits per heavy atom. The van der Waals surface area contributed by atoms with Crippen LogP contribution < -0.4 is 10.6 Å². The van der Waals surface area contributed by atoms with E-state index in [2.05, 4.69) is 32.3 Å². The van der Waals surface area contributed by atoms with Gasteiger partial charge in [-0.2, -0.15) is 0 Å². The first kappa shape index (κ1) is 16.5. The van der Waals surface area contributed by atoms with Crippen LogP contribution in [0.4, 0.5) is 0 Å². The number of aliphatic imine (C=N–C) groups is 1. The van der Waals surface area contributed by atoms with Gasteiger partial charge in [-0.25, -0.2) is 0 Å². The highest BCUT2D eigenvalue weighted by Gasteiger charge is 2.16. The maximum atomic E-state index is 5.61. The zero-order chi connectivity index (χ0) is 14.9. The Kier molecular flexibility index (Phi) is 7.26. The molecule has 2 heterocycles. The van der Waals surface area contributed by atoms with Crippen molar-refractivity contribution in [2.45, 2.75) is 25.9 Å². The number of guanidine groups is 1. The minimum Gasteiger partial charge on any atom is -0.376 e. The van der Waals surface area contributed by atoms with Crippen molar-refractivity contribution in [1.82, 2.24) is 20.4 Å². The summed E-state index contributed by atoms with van der Waals surface area (Å²) in [5.74, 6) is 0.887. The van der Waals surface area contributed by atoms with Gasteiger partial charge in [0.2, 0.25) is 0 Å². The maximum absolute atomic E-state index is 5.61. The lowest BCUT2D eigenvalue weighted by Crippen LogP contribution is -2.49. The third-order valence-electron chi connectivity index (χ3n) is 4.38. The lowest BCUT2D eigenvalue weighted by atomic mass is 10.2. The molecule has 6 heteroatoms. The summed E-state index contributed by atoms with van der Waals surface area (Å²) >= 11 is 0. The molecule has 21 heavy (non-hydrogen) atoms. The van der Waals surface area contributed by atoms with E-state index < -0.39 is 0 Å². The second kappa shape index (κ2) is 9.23. The molecule has 2 aliphatic heterocycles. The Morgan fingerprint density at radius 3 is 2.57 bits per heavy atom. The highest BCUT2D eigenvalue weighted by Crippen LogP contribution is 2.10. The Balaban J connectivity index is 1.56. The quantitative estimate of drug-likeness (QED) is 0.533. The Labute approximate surface area is 128 Å². The van der Waals surface area contributed by atoms with Gasteiger partial charge in [-0.3, -0.25) is 9.89 Å². The first-order valence-electron chi connectivity index (χ1n) is 8.32. The Morgan fingerprint density at radius 2 is 1.95 bits per heavy atom. The normalized spacial score (nSPS) is 25.2. The van der Waals surface area contributed by atoms with Gasteiger partial charge in [0.25, 0.3) is 0 Å². The molecule has 2 rings (SSSR count). The van der Waals surface area contributed by atoms with Gasteiger partial charge >= 0.3 is 0 Å². The summed E-state index contributed by atoms with van der Waals surface area (Å²) in [4.78, 5) is 9.30. The summed E-state index contributed by atoms with van der Waals surface area (Å²) in [7, 11) is 1.82. The van der Waals surface area contributed by atoms with Gasteiger partial charge in [0.1, 0.15) is 0 Å². The van der Waals surface area contributed by atoms with E-state index in [-0.39, 0.29) is 0 Å². The van der Waals surface area contributed by atoms with Gasteiger partial charge in [-0.1, -0.05) is 6.92 Å². The molecule has 0 amide bonds. The van der Waals surface area contributed by atoms with Crippen LogP contribution in [-0.4, -0.2) is 87.9 Å². The second-order valence-electron chi connectivity index (χ2n) is 5.79. The van der Waals surface area contributed by atoms with Crippen molar-refractivity contribution in [1.29, 1.82) is 0 Å². The van der Waals surface area contributed by atoms with Gasteiger partial charge in [0.05, 0.1) is 6.10 Å². The van der Waals surface area contributed by atoms with E-state index >= 15 is 0 Å². The molecular weight excluding hydrogens is 266 g/mol. The molecule has 0 spiro atoms. The van der Waals surface area contributed by atoms with Gasteiger partial charge in [0.15, 0.2) is 5.96 Å². The predicted octanol–water partition coefficient (Wildman–Crippen LogP) is -0.0321. The molecule has 1 unspecified atom stereocenters. The summed E-state index contributed by atoms with van der Waals surface area (Å²) in [6, 6.07) is 0. The summed E-state index contributed by atoms with van der Waals surface area (Å²) in [5.41, 5.74) is 0. The molecule has 0 aromatic carbocycles. The van der Waals surface area contributed by atoms with E-state index in [1.54, 1.807) is 0 Å². The van der Waals surface area contributed by atoms with E-state index in [1.807, 2.05) is 7.05 Å². The Bertz CT molecular complexity index is 309. The molecule has 2 N–H and O–H groups in total. The topological polar surface area (TPSA) is 52.1 Å². The van der Waals surface area contributed by atoms with Crippen LogP contribution in [0.5, 0.6) is 0 Å². The molecule has 122 valence electrons. The van der Waals surface area contributed by atoms with E-state index in [0.29, 0.717) is 6.10 Å². The number of nitrogens with one attached hydrogen (secondary N) is 2. The van der Waals surface area contributed by atoms with E-state index in [9.17, 15) is 0 Å². The summed E-state index contributed by atoms with van der Waals surface area (Å²) in [6.45, 7) is 11.9. The molecule has 0 aromatic rings. The lowest BCUT2D eigenvalue weighted by Gasteiger charge is -2.34. The van der Waals surface area contributed by atoms with Crippen LogP contribution in [0, 0.1) is 0 Å². The molecule has 0 aliphatic carbocycles. The molecule has 2 aliphatic rings. The van der Waals surface area contributed by atoms with Crippen molar-refractivity contribution < 1.29 is 4.74 Å². The molecule has 1 atom stereocenters. The van der Waals surface area contributed by atoms with Crippen molar-refractivity contribution in [2.75, 3.05) is 66.0 Å². The van der Waals surface area contributed by atoms with Crippen LogP contribution in [0.15, 0.2) is 4.99 Å². The van der Waals surface area contributed by atoms with Crippen LogP contribution in [0.25, 0.3) is 0 Å². The number of hydrogen-bond donors (Lipinski definition) is 2. The van der Waals surface area contributed by atoms with E-state index in [4.69, 9.17) is 4.74 Å². The highest BCUT2D eigenvalue weighted by atomic mass is 16.5. The van der Waals surface area contributed by atoms with Crippen molar-refractivity contribution in [3.63, 3.8) is 0 Å². The smallest absolute Gasteiger partial charge is 0.191 e. The van der Waals surface area contributed by atoms with Crippen LogP contribution in [0.2, 0.25) is 0 Å². The molecule has 0 saturated carbocycles. The number of ether oxygens (including phenoxy) is 1. The molecule has 0 radical (unpaired) electrons. The molecule has 0 aromatic heterocycles. The summed E-state index contributed by atoms with van der Waals surface area (Å²) in [5, 5.41) is 6.75. The first-order valence-corrected chi connectivity index (χ1v) is 8.32. The van der Waals surface area contributed by atoms with Crippen LogP contribution >= 0.6 is 0 Å². The maximum Gasteiger partial charge on any atom is 0.191 e. The van der Waals surface area contributed by atoms with Gasteiger partial charge in [-0.05, 0) is 19.4 Å². The van der Waals surface area contributed by atoms with Crippen molar-refractivity contribution in [3.8, 4) is 0 Å². The zero-order valence-corrected chi connectivity index (χ0v) is 13.6. The minimum absolute atomic E-state index is 0.352. The third-order valence-corrected chi connectivity index (χ3v) is 4.38. The van der Waals surface area contributed by atoms with Gasteiger partial charge in [0, 0.05) is 59.5 Å². The lowest BCUT2D eigenvalue weighted by molar-refractivity contribution is 0.113. The molecule has 0 bridgehead atoms. The fourth-order valence-electron chi connectivity index (χ4n) is 2.90. The molecule has 2 saturated heterocycles. The average Bonchev–Trinajstić information content (AvgIpc) is 3.04. The van der Waals surface area contributed by atoms with E-state index in [0.717, 1.165) is 38.6 Å². The number of likely N-dealkylation sites (N-methyl/N-ethyl adjacent to an activating group) is 1. The fraction of sp³-hybridized carbons (Fsp3) is 0.933. The van der Waals surface area contributed by atoms with Crippen LogP contribution in [0.1, 0.15) is 19.8 Å². The van der Waals surface area contributed by atoms with Crippen molar-refractivity contribution >= 4 is 5.96 Å². The average molecular weight is 297 g/mol. The summed E-state index contributed by atoms with van der Waals surface area (Å²) in [6.07, 6.45) is 2.69. The van der Waals surface area contributed by atoms with Crippen LogP contribution in [0.3, 0.4) is 0 Å². The van der Waals surface area contributed by atoms with Gasteiger partial charge in [-0.15, -0.1) is 0 Å².